The Morgan fingerprint density at radius 2 is 1.87 bits per heavy atom. The van der Waals surface area contributed by atoms with Crippen LogP contribution in [0.1, 0.15) is 0 Å². The van der Waals surface area contributed by atoms with Crippen molar-refractivity contribution < 1.29 is 4.74 Å². The first-order valence-corrected chi connectivity index (χ1v) is 4.53. The van der Waals surface area contributed by atoms with Gasteiger partial charge in [-0.05, 0) is 18.2 Å². The van der Waals surface area contributed by atoms with Crippen LogP contribution in [0, 0.1) is 0 Å². The highest BCUT2D eigenvalue weighted by Gasteiger charge is 2.09. The average molecular weight is 201 g/mol. The van der Waals surface area contributed by atoms with Gasteiger partial charge < -0.3 is 10.5 Å². The molecule has 0 saturated carbocycles. The number of benzene rings is 1. The van der Waals surface area contributed by atoms with Gasteiger partial charge in [0.05, 0.1) is 18.4 Å². The van der Waals surface area contributed by atoms with E-state index in [0.29, 0.717) is 17.3 Å². The Morgan fingerprint density at radius 3 is 2.53 bits per heavy atom. The predicted octanol–water partition coefficient (Wildman–Crippen LogP) is 1.73. The maximum absolute atomic E-state index is 5.79. The molecule has 0 aliphatic carbocycles. The third-order valence-corrected chi connectivity index (χ3v) is 2.06. The summed E-state index contributed by atoms with van der Waals surface area (Å²) in [5.74, 6) is 1.23. The van der Waals surface area contributed by atoms with Crippen LogP contribution in [0.2, 0.25) is 0 Å². The molecular weight excluding hydrogens is 190 g/mol. The lowest BCUT2D eigenvalue weighted by Gasteiger charge is -2.09. The van der Waals surface area contributed by atoms with Crippen LogP contribution in [0.4, 0.5) is 5.69 Å². The summed E-state index contributed by atoms with van der Waals surface area (Å²) in [6.07, 6.45) is 3.37. The van der Waals surface area contributed by atoms with Gasteiger partial charge >= 0.3 is 0 Å². The van der Waals surface area contributed by atoms with Crippen LogP contribution in [0.25, 0.3) is 11.4 Å². The fourth-order valence-electron chi connectivity index (χ4n) is 1.40. The van der Waals surface area contributed by atoms with Crippen molar-refractivity contribution >= 4 is 5.69 Å². The molecule has 0 bridgehead atoms. The zero-order chi connectivity index (χ0) is 10.7. The molecule has 0 fully saturated rings. The molecule has 0 aliphatic heterocycles. The van der Waals surface area contributed by atoms with Gasteiger partial charge in [0.2, 0.25) is 0 Å². The third kappa shape index (κ3) is 1.74. The van der Waals surface area contributed by atoms with Crippen LogP contribution in [0.3, 0.4) is 0 Å². The average Bonchev–Trinajstić information content (AvgIpc) is 2.30. The summed E-state index contributed by atoms with van der Waals surface area (Å²) in [6, 6.07) is 7.28. The third-order valence-electron chi connectivity index (χ3n) is 2.06. The van der Waals surface area contributed by atoms with Crippen molar-refractivity contribution in [2.45, 2.75) is 0 Å². The Kier molecular flexibility index (Phi) is 2.49. The molecule has 0 spiro atoms. The van der Waals surface area contributed by atoms with E-state index in [-0.39, 0.29) is 0 Å². The van der Waals surface area contributed by atoms with E-state index >= 15 is 0 Å². The number of nitrogens with zero attached hydrogens (tertiary/aromatic N) is 2. The summed E-state index contributed by atoms with van der Waals surface area (Å²) in [7, 11) is 1.58. The Bertz CT molecular complexity index is 457. The summed E-state index contributed by atoms with van der Waals surface area (Å²) in [6.45, 7) is 0. The minimum atomic E-state index is 0.586. The summed E-state index contributed by atoms with van der Waals surface area (Å²) in [5.41, 5.74) is 7.18. The van der Waals surface area contributed by atoms with E-state index in [1.807, 2.05) is 12.1 Å². The normalized spacial score (nSPS) is 9.93. The van der Waals surface area contributed by atoms with Crippen LogP contribution in [0.5, 0.6) is 5.75 Å². The van der Waals surface area contributed by atoms with E-state index in [0.717, 1.165) is 5.56 Å². The van der Waals surface area contributed by atoms with E-state index in [1.54, 1.807) is 31.6 Å². The molecule has 2 rings (SSSR count). The molecule has 0 saturated heterocycles. The van der Waals surface area contributed by atoms with Gasteiger partial charge in [0.25, 0.3) is 0 Å². The van der Waals surface area contributed by atoms with Crippen LogP contribution in [-0.2, 0) is 0 Å². The Labute approximate surface area is 87.7 Å². The summed E-state index contributed by atoms with van der Waals surface area (Å²) in [4.78, 5) is 8.30. The van der Waals surface area contributed by atoms with Gasteiger partial charge in [0, 0.05) is 12.4 Å². The number of hydrogen-bond donors (Lipinski definition) is 1. The van der Waals surface area contributed by atoms with Gasteiger partial charge in [-0.2, -0.15) is 0 Å². The van der Waals surface area contributed by atoms with Crippen LogP contribution >= 0.6 is 0 Å². The molecule has 0 radical (unpaired) electrons. The molecule has 4 heteroatoms. The number of anilines is 1. The fourth-order valence-corrected chi connectivity index (χ4v) is 1.40. The monoisotopic (exact) mass is 201 g/mol. The molecule has 76 valence electrons. The number of hydrogen-bond acceptors (Lipinski definition) is 4. The van der Waals surface area contributed by atoms with Gasteiger partial charge in [-0.3, -0.25) is 0 Å². The molecule has 0 unspecified atom stereocenters. The second-order valence-electron chi connectivity index (χ2n) is 3.00. The minimum absolute atomic E-state index is 0.586. The lowest BCUT2D eigenvalue weighted by Crippen LogP contribution is -1.96. The van der Waals surface area contributed by atoms with Gasteiger partial charge in [-0.25, -0.2) is 9.97 Å². The second kappa shape index (κ2) is 3.96. The van der Waals surface area contributed by atoms with Gasteiger partial charge in [-0.1, -0.05) is 6.07 Å². The zero-order valence-electron chi connectivity index (χ0n) is 8.34. The standard InChI is InChI=1S/C11H11N3O/c1-15-10-8(4-2-5-9(10)12)11-13-6-3-7-14-11/h2-7H,12H2,1H3. The molecular formula is C11H11N3O. The number of aromatic nitrogens is 2. The minimum Gasteiger partial charge on any atom is -0.494 e. The number of rotatable bonds is 2. The molecule has 0 amide bonds. The molecule has 1 aromatic heterocycles. The fraction of sp³-hybridized carbons (Fsp3) is 0.0909. The Balaban J connectivity index is 2.58. The lowest BCUT2D eigenvalue weighted by molar-refractivity contribution is 0.418. The number of nitrogens with two attached hydrogens (primary N) is 1. The number of ether oxygens (including phenoxy) is 1. The smallest absolute Gasteiger partial charge is 0.162 e. The topological polar surface area (TPSA) is 61.0 Å². The van der Waals surface area contributed by atoms with Crippen molar-refractivity contribution in [3.8, 4) is 17.1 Å². The van der Waals surface area contributed by atoms with Crippen molar-refractivity contribution in [1.29, 1.82) is 0 Å². The maximum atomic E-state index is 5.79. The van der Waals surface area contributed by atoms with E-state index in [1.165, 1.54) is 0 Å². The summed E-state index contributed by atoms with van der Waals surface area (Å²) >= 11 is 0. The van der Waals surface area contributed by atoms with E-state index in [4.69, 9.17) is 10.5 Å². The molecule has 0 aliphatic rings. The van der Waals surface area contributed by atoms with Crippen LogP contribution in [0.15, 0.2) is 36.7 Å². The van der Waals surface area contributed by atoms with Crippen molar-refractivity contribution in [2.75, 3.05) is 12.8 Å². The molecule has 0 atom stereocenters. The Morgan fingerprint density at radius 1 is 1.13 bits per heavy atom. The van der Waals surface area contributed by atoms with Crippen LogP contribution in [-0.4, -0.2) is 17.1 Å². The number of nitrogen functional groups attached to an aromatic ring is 1. The first-order valence-electron chi connectivity index (χ1n) is 4.53. The lowest BCUT2D eigenvalue weighted by atomic mass is 10.1. The van der Waals surface area contributed by atoms with Crippen molar-refractivity contribution in [2.24, 2.45) is 0 Å². The molecule has 15 heavy (non-hydrogen) atoms. The van der Waals surface area contributed by atoms with E-state index < -0.39 is 0 Å². The van der Waals surface area contributed by atoms with Gasteiger partial charge in [0.15, 0.2) is 11.6 Å². The molecule has 4 nitrogen and oxygen atoms in total. The van der Waals surface area contributed by atoms with Crippen molar-refractivity contribution in [3.63, 3.8) is 0 Å². The first-order chi connectivity index (χ1) is 7.33. The Hall–Kier alpha value is -2.10. The predicted molar refractivity (Wildman–Crippen MR) is 58.4 cm³/mol. The van der Waals surface area contributed by atoms with E-state index in [9.17, 15) is 0 Å². The van der Waals surface area contributed by atoms with E-state index in [2.05, 4.69) is 9.97 Å². The highest BCUT2D eigenvalue weighted by atomic mass is 16.5. The van der Waals surface area contributed by atoms with Crippen LogP contribution < -0.4 is 10.5 Å². The summed E-state index contributed by atoms with van der Waals surface area (Å²) in [5, 5.41) is 0. The number of para-hydroxylation sites is 1. The molecule has 1 aromatic carbocycles. The molecule has 2 aromatic rings. The van der Waals surface area contributed by atoms with Crippen molar-refractivity contribution in [3.05, 3.63) is 36.7 Å². The molecule has 2 N–H and O–H groups in total. The second-order valence-corrected chi connectivity index (χ2v) is 3.00. The number of methoxy groups -OCH3 is 1. The SMILES string of the molecule is COc1c(N)cccc1-c1ncccn1. The van der Waals surface area contributed by atoms with Gasteiger partial charge in [-0.15, -0.1) is 0 Å². The molecule has 1 heterocycles. The maximum Gasteiger partial charge on any atom is 0.162 e. The largest absolute Gasteiger partial charge is 0.494 e. The zero-order valence-corrected chi connectivity index (χ0v) is 8.34. The van der Waals surface area contributed by atoms with Gasteiger partial charge in [0.1, 0.15) is 0 Å². The summed E-state index contributed by atoms with van der Waals surface area (Å²) < 4.78 is 5.23. The van der Waals surface area contributed by atoms with Crippen molar-refractivity contribution in [1.82, 2.24) is 9.97 Å². The highest BCUT2D eigenvalue weighted by Crippen LogP contribution is 2.32. The highest BCUT2D eigenvalue weighted by molar-refractivity contribution is 5.72. The first kappa shape index (κ1) is 9.45. The quantitative estimate of drug-likeness (QED) is 0.752.